The summed E-state index contributed by atoms with van der Waals surface area (Å²) in [6.07, 6.45) is 0. The van der Waals surface area contributed by atoms with E-state index in [9.17, 15) is 0 Å². The minimum atomic E-state index is -1.34. The minimum absolute atomic E-state index is 0.319. The summed E-state index contributed by atoms with van der Waals surface area (Å²) in [5.41, 5.74) is 2.02. The van der Waals surface area contributed by atoms with Gasteiger partial charge in [-0.2, -0.15) is 0 Å². The first-order chi connectivity index (χ1) is 10.5. The minimum Gasteiger partial charge on any atom is -0.432 e. The zero-order valence-corrected chi connectivity index (χ0v) is 13.7. The standard InChI is InChI=1S/C16H15Cl2NO3/c1-10-13(17)15(14(18)11(2)19-10)22-16(20-8-9-21-16)12-6-4-3-5-7-12/h3-7H,8-9H2,1-2H3. The van der Waals surface area contributed by atoms with Gasteiger partial charge in [0.1, 0.15) is 10.0 Å². The maximum atomic E-state index is 6.32. The molecule has 22 heavy (non-hydrogen) atoms. The number of hydrogen-bond acceptors (Lipinski definition) is 4. The third-order valence-corrected chi connectivity index (χ3v) is 4.29. The van der Waals surface area contributed by atoms with Crippen LogP contribution in [0, 0.1) is 13.8 Å². The first-order valence-electron chi connectivity index (χ1n) is 6.88. The molecule has 0 radical (unpaired) electrons. The Morgan fingerprint density at radius 3 is 2.09 bits per heavy atom. The molecule has 1 aliphatic rings. The first kappa shape index (κ1) is 15.6. The SMILES string of the molecule is Cc1nc(C)c(Cl)c(OC2(c3ccccc3)OCCO2)c1Cl. The number of benzene rings is 1. The number of halogens is 2. The summed E-state index contributed by atoms with van der Waals surface area (Å²) < 4.78 is 17.5. The summed E-state index contributed by atoms with van der Waals surface area (Å²) in [6.45, 7) is 4.44. The van der Waals surface area contributed by atoms with E-state index in [1.54, 1.807) is 13.8 Å². The fourth-order valence-electron chi connectivity index (χ4n) is 2.32. The molecule has 1 aromatic heterocycles. The Morgan fingerprint density at radius 2 is 1.55 bits per heavy atom. The quantitative estimate of drug-likeness (QED) is 0.838. The van der Waals surface area contributed by atoms with E-state index in [0.29, 0.717) is 40.4 Å². The van der Waals surface area contributed by atoms with Crippen LogP contribution in [0.25, 0.3) is 0 Å². The van der Waals surface area contributed by atoms with Gasteiger partial charge in [0, 0.05) is 0 Å². The molecule has 0 amide bonds. The lowest BCUT2D eigenvalue weighted by atomic mass is 10.2. The van der Waals surface area contributed by atoms with Gasteiger partial charge in [-0.3, -0.25) is 4.98 Å². The number of rotatable bonds is 3. The van der Waals surface area contributed by atoms with Crippen LogP contribution in [0.5, 0.6) is 5.75 Å². The van der Waals surface area contributed by atoms with E-state index in [0.717, 1.165) is 5.56 Å². The second kappa shape index (κ2) is 6.05. The summed E-state index contributed by atoms with van der Waals surface area (Å²) in [7, 11) is 0. The van der Waals surface area contributed by atoms with Crippen LogP contribution in [0.1, 0.15) is 17.0 Å². The number of aryl methyl sites for hydroxylation is 2. The fraction of sp³-hybridized carbons (Fsp3) is 0.312. The molecule has 1 fully saturated rings. The maximum Gasteiger partial charge on any atom is 0.356 e. The van der Waals surface area contributed by atoms with E-state index in [-0.39, 0.29) is 0 Å². The summed E-state index contributed by atoms with van der Waals surface area (Å²) in [5.74, 6) is -1.02. The Labute approximate surface area is 138 Å². The number of nitrogens with zero attached hydrogens (tertiary/aromatic N) is 1. The highest BCUT2D eigenvalue weighted by Crippen LogP contribution is 2.42. The highest BCUT2D eigenvalue weighted by molar-refractivity contribution is 6.37. The summed E-state index contributed by atoms with van der Waals surface area (Å²) in [6, 6.07) is 9.42. The van der Waals surface area contributed by atoms with Crippen LogP contribution in [-0.4, -0.2) is 18.2 Å². The maximum absolute atomic E-state index is 6.32. The van der Waals surface area contributed by atoms with Gasteiger partial charge in [-0.05, 0) is 26.0 Å². The summed E-state index contributed by atoms with van der Waals surface area (Å²) in [4.78, 5) is 4.28. The second-order valence-electron chi connectivity index (χ2n) is 4.96. The Balaban J connectivity index is 2.07. The molecular formula is C16H15Cl2NO3. The van der Waals surface area contributed by atoms with Gasteiger partial charge in [0.2, 0.25) is 0 Å². The molecular weight excluding hydrogens is 325 g/mol. The highest BCUT2D eigenvalue weighted by atomic mass is 35.5. The van der Waals surface area contributed by atoms with Crippen molar-refractivity contribution in [2.45, 2.75) is 19.8 Å². The van der Waals surface area contributed by atoms with E-state index in [2.05, 4.69) is 4.98 Å². The van der Waals surface area contributed by atoms with Crippen molar-refractivity contribution in [3.8, 4) is 5.75 Å². The van der Waals surface area contributed by atoms with E-state index < -0.39 is 5.97 Å². The van der Waals surface area contributed by atoms with Crippen molar-refractivity contribution in [1.29, 1.82) is 0 Å². The molecule has 0 unspecified atom stereocenters. The molecule has 1 aromatic carbocycles. The van der Waals surface area contributed by atoms with Crippen LogP contribution < -0.4 is 4.74 Å². The number of aromatic nitrogens is 1. The molecule has 2 aromatic rings. The number of ether oxygens (including phenoxy) is 3. The molecule has 4 nitrogen and oxygen atoms in total. The Bertz CT molecular complexity index is 659. The van der Waals surface area contributed by atoms with Crippen LogP contribution in [0.2, 0.25) is 10.0 Å². The van der Waals surface area contributed by atoms with Gasteiger partial charge in [0.15, 0.2) is 5.75 Å². The Morgan fingerprint density at radius 1 is 1.00 bits per heavy atom. The molecule has 0 bridgehead atoms. The van der Waals surface area contributed by atoms with E-state index >= 15 is 0 Å². The summed E-state index contributed by atoms with van der Waals surface area (Å²) in [5, 5.41) is 0.704. The van der Waals surface area contributed by atoms with Gasteiger partial charge < -0.3 is 14.2 Å². The van der Waals surface area contributed by atoms with Crippen molar-refractivity contribution in [3.63, 3.8) is 0 Å². The van der Waals surface area contributed by atoms with Crippen molar-refractivity contribution >= 4 is 23.2 Å². The average molecular weight is 340 g/mol. The molecule has 1 saturated heterocycles. The molecule has 3 rings (SSSR count). The van der Waals surface area contributed by atoms with Crippen molar-refractivity contribution in [2.75, 3.05) is 13.2 Å². The topological polar surface area (TPSA) is 40.6 Å². The van der Waals surface area contributed by atoms with Crippen molar-refractivity contribution in [1.82, 2.24) is 4.98 Å². The lowest BCUT2D eigenvalue weighted by molar-refractivity contribution is -0.297. The van der Waals surface area contributed by atoms with Crippen molar-refractivity contribution in [3.05, 3.63) is 57.3 Å². The van der Waals surface area contributed by atoms with E-state index in [1.807, 2.05) is 30.3 Å². The van der Waals surface area contributed by atoms with Crippen molar-refractivity contribution < 1.29 is 14.2 Å². The molecule has 6 heteroatoms. The molecule has 0 saturated carbocycles. The van der Waals surface area contributed by atoms with Crippen LogP contribution >= 0.6 is 23.2 Å². The molecule has 0 aliphatic carbocycles. The molecule has 1 aliphatic heterocycles. The number of hydrogen-bond donors (Lipinski definition) is 0. The normalized spacial score (nSPS) is 16.7. The van der Waals surface area contributed by atoms with Gasteiger partial charge in [-0.25, -0.2) is 0 Å². The molecule has 0 atom stereocenters. The van der Waals surface area contributed by atoms with Crippen LogP contribution in [0.3, 0.4) is 0 Å². The zero-order valence-electron chi connectivity index (χ0n) is 12.2. The molecule has 116 valence electrons. The lowest BCUT2D eigenvalue weighted by Gasteiger charge is -2.29. The highest BCUT2D eigenvalue weighted by Gasteiger charge is 2.43. The predicted molar refractivity (Wildman–Crippen MR) is 84.4 cm³/mol. The van der Waals surface area contributed by atoms with Crippen LogP contribution in [0.4, 0.5) is 0 Å². The second-order valence-corrected chi connectivity index (χ2v) is 5.72. The van der Waals surface area contributed by atoms with Crippen LogP contribution in [-0.2, 0) is 15.4 Å². The van der Waals surface area contributed by atoms with Gasteiger partial charge in [-0.1, -0.05) is 41.4 Å². The van der Waals surface area contributed by atoms with Gasteiger partial charge >= 0.3 is 5.97 Å². The molecule has 0 N–H and O–H groups in total. The largest absolute Gasteiger partial charge is 0.432 e. The van der Waals surface area contributed by atoms with Gasteiger partial charge in [0.05, 0.1) is 30.2 Å². The van der Waals surface area contributed by atoms with Gasteiger partial charge in [0.25, 0.3) is 0 Å². The average Bonchev–Trinajstić information content (AvgIpc) is 3.00. The third-order valence-electron chi connectivity index (χ3n) is 3.40. The monoisotopic (exact) mass is 339 g/mol. The Hall–Kier alpha value is -1.33. The first-order valence-corrected chi connectivity index (χ1v) is 7.64. The fourth-order valence-corrected chi connectivity index (χ4v) is 2.72. The number of pyridine rings is 1. The summed E-state index contributed by atoms with van der Waals surface area (Å²) >= 11 is 12.6. The van der Waals surface area contributed by atoms with E-state index in [4.69, 9.17) is 37.4 Å². The van der Waals surface area contributed by atoms with Crippen molar-refractivity contribution in [2.24, 2.45) is 0 Å². The van der Waals surface area contributed by atoms with Gasteiger partial charge in [-0.15, -0.1) is 0 Å². The lowest BCUT2D eigenvalue weighted by Crippen LogP contribution is -2.34. The third kappa shape index (κ3) is 2.68. The molecule has 0 spiro atoms. The van der Waals surface area contributed by atoms with Crippen LogP contribution in [0.15, 0.2) is 30.3 Å². The zero-order chi connectivity index (χ0) is 15.7. The molecule has 2 heterocycles. The smallest absolute Gasteiger partial charge is 0.356 e. The van der Waals surface area contributed by atoms with E-state index in [1.165, 1.54) is 0 Å². The predicted octanol–water partition coefficient (Wildman–Crippen LogP) is 4.24. The Kier molecular flexibility index (Phi) is 4.28.